The highest BCUT2D eigenvalue weighted by molar-refractivity contribution is 7.89. The Labute approximate surface area is 169 Å². The highest BCUT2D eigenvalue weighted by atomic mass is 32.2. The molecular weight excluding hydrogens is 404 g/mol. The van der Waals surface area contributed by atoms with Crippen LogP contribution in [0.25, 0.3) is 0 Å². The van der Waals surface area contributed by atoms with Crippen LogP contribution in [-0.2, 0) is 19.6 Å². The van der Waals surface area contributed by atoms with E-state index >= 15 is 0 Å². The number of nitrogens with one attached hydrogen (secondary N) is 1. The van der Waals surface area contributed by atoms with Gasteiger partial charge in [0, 0.05) is 32.1 Å². The number of piperazine rings is 1. The fourth-order valence-corrected chi connectivity index (χ4v) is 5.75. The lowest BCUT2D eigenvalue weighted by atomic mass is 9.99. The van der Waals surface area contributed by atoms with E-state index < -0.39 is 27.7 Å². The van der Waals surface area contributed by atoms with Crippen molar-refractivity contribution in [2.45, 2.75) is 56.6 Å². The van der Waals surface area contributed by atoms with Crippen LogP contribution in [0.15, 0.2) is 23.1 Å². The van der Waals surface area contributed by atoms with Crippen molar-refractivity contribution in [3.05, 3.63) is 29.8 Å². The first-order valence-corrected chi connectivity index (χ1v) is 11.0. The minimum atomic E-state index is -4.22. The number of amides is 2. The molecule has 2 saturated heterocycles. The van der Waals surface area contributed by atoms with Gasteiger partial charge >= 0.3 is 0 Å². The van der Waals surface area contributed by atoms with Gasteiger partial charge in [-0.15, -0.1) is 0 Å². The van der Waals surface area contributed by atoms with Crippen LogP contribution in [0.4, 0.5) is 8.78 Å². The molecule has 0 saturated carbocycles. The van der Waals surface area contributed by atoms with Crippen molar-refractivity contribution in [1.29, 1.82) is 0 Å². The zero-order chi connectivity index (χ0) is 21.5. The number of fused-ring (bicyclic) bond motifs is 1. The van der Waals surface area contributed by atoms with Crippen molar-refractivity contribution in [1.82, 2.24) is 14.5 Å². The number of halogens is 2. The molecule has 10 heteroatoms. The highest BCUT2D eigenvalue weighted by Gasteiger charge is 2.49. The van der Waals surface area contributed by atoms with Gasteiger partial charge in [-0.05, 0) is 37.0 Å². The van der Waals surface area contributed by atoms with Crippen molar-refractivity contribution in [2.75, 3.05) is 13.1 Å². The summed E-state index contributed by atoms with van der Waals surface area (Å²) in [5.41, 5.74) is 0. The van der Waals surface area contributed by atoms with E-state index in [-0.39, 0.29) is 41.3 Å². The minimum absolute atomic E-state index is 0.0388. The Hall–Kier alpha value is -2.07. The summed E-state index contributed by atoms with van der Waals surface area (Å²) in [7, 11) is -4.22. The summed E-state index contributed by atoms with van der Waals surface area (Å²) >= 11 is 0. The van der Waals surface area contributed by atoms with Crippen LogP contribution in [0.2, 0.25) is 0 Å². The van der Waals surface area contributed by atoms with Gasteiger partial charge < -0.3 is 10.2 Å². The molecule has 7 nitrogen and oxygen atoms in total. The van der Waals surface area contributed by atoms with E-state index in [4.69, 9.17) is 0 Å². The summed E-state index contributed by atoms with van der Waals surface area (Å²) in [4.78, 5) is 25.8. The van der Waals surface area contributed by atoms with Gasteiger partial charge in [0.15, 0.2) is 11.6 Å². The van der Waals surface area contributed by atoms with Crippen LogP contribution in [0.3, 0.4) is 0 Å². The maximum Gasteiger partial charge on any atom is 0.243 e. The summed E-state index contributed by atoms with van der Waals surface area (Å²) in [6.45, 7) is 5.52. The molecule has 2 aliphatic rings. The lowest BCUT2D eigenvalue weighted by Gasteiger charge is -2.42. The second-order valence-electron chi connectivity index (χ2n) is 8.07. The molecule has 3 atom stereocenters. The maximum absolute atomic E-state index is 13.7. The van der Waals surface area contributed by atoms with E-state index in [2.05, 4.69) is 5.32 Å². The molecule has 2 aliphatic heterocycles. The minimum Gasteiger partial charge on any atom is -0.352 e. The number of carbonyl (C=O) groups is 2. The van der Waals surface area contributed by atoms with Crippen molar-refractivity contribution >= 4 is 21.8 Å². The van der Waals surface area contributed by atoms with E-state index in [1.54, 1.807) is 4.90 Å². The lowest BCUT2D eigenvalue weighted by Crippen LogP contribution is -2.61. The molecule has 0 unspecified atom stereocenters. The summed E-state index contributed by atoms with van der Waals surface area (Å²) < 4.78 is 54.5. The molecule has 2 fully saturated rings. The molecule has 0 aliphatic carbocycles. The van der Waals surface area contributed by atoms with Gasteiger partial charge in [-0.1, -0.05) is 13.8 Å². The zero-order valence-corrected chi connectivity index (χ0v) is 17.4. The number of hydrogen-bond donors (Lipinski definition) is 1. The SMILES string of the molecule is CC(=O)N[C@H]1C[C@H]2CN(S(=O)(=O)c3ccc(F)c(F)c3)[C@@H](CC(C)C)C(=O)N2C1. The fourth-order valence-electron chi connectivity index (χ4n) is 4.10. The van der Waals surface area contributed by atoms with E-state index in [1.807, 2.05) is 13.8 Å². The van der Waals surface area contributed by atoms with Gasteiger partial charge in [0.05, 0.1) is 4.90 Å². The summed E-state index contributed by atoms with van der Waals surface area (Å²) in [6.07, 6.45) is 0.735. The second kappa shape index (κ2) is 7.98. The Bertz CT molecular complexity index is 922. The summed E-state index contributed by atoms with van der Waals surface area (Å²) in [5.74, 6) is -2.90. The van der Waals surface area contributed by atoms with Crippen molar-refractivity contribution in [3.63, 3.8) is 0 Å². The molecule has 0 spiro atoms. The van der Waals surface area contributed by atoms with E-state index in [9.17, 15) is 26.8 Å². The van der Waals surface area contributed by atoms with Gasteiger partial charge in [-0.3, -0.25) is 9.59 Å². The first-order valence-electron chi connectivity index (χ1n) is 9.55. The van der Waals surface area contributed by atoms with Crippen LogP contribution in [-0.4, -0.2) is 60.7 Å². The van der Waals surface area contributed by atoms with Crippen molar-refractivity contribution in [2.24, 2.45) is 5.92 Å². The Morgan fingerprint density at radius 2 is 1.93 bits per heavy atom. The Kier molecular flexibility index (Phi) is 5.96. The molecule has 1 aromatic carbocycles. The van der Waals surface area contributed by atoms with Gasteiger partial charge in [-0.2, -0.15) is 4.31 Å². The second-order valence-corrected chi connectivity index (χ2v) is 9.96. The Morgan fingerprint density at radius 3 is 2.52 bits per heavy atom. The third kappa shape index (κ3) is 4.28. The molecule has 29 heavy (non-hydrogen) atoms. The molecule has 0 radical (unpaired) electrons. The number of nitrogens with zero attached hydrogens (tertiary/aromatic N) is 2. The number of sulfonamides is 1. The number of carbonyl (C=O) groups excluding carboxylic acids is 2. The molecule has 3 rings (SSSR count). The quantitative estimate of drug-likeness (QED) is 0.768. The van der Waals surface area contributed by atoms with Gasteiger partial charge in [-0.25, -0.2) is 17.2 Å². The zero-order valence-electron chi connectivity index (χ0n) is 16.6. The van der Waals surface area contributed by atoms with Crippen molar-refractivity contribution < 1.29 is 26.8 Å². The van der Waals surface area contributed by atoms with E-state index in [1.165, 1.54) is 6.92 Å². The third-order valence-electron chi connectivity index (χ3n) is 5.32. The number of benzene rings is 1. The lowest BCUT2D eigenvalue weighted by molar-refractivity contribution is -0.141. The molecule has 0 aromatic heterocycles. The molecule has 1 aromatic rings. The van der Waals surface area contributed by atoms with Crippen LogP contribution < -0.4 is 5.32 Å². The average Bonchev–Trinajstić information content (AvgIpc) is 3.01. The monoisotopic (exact) mass is 429 g/mol. The average molecular weight is 429 g/mol. The standard InChI is InChI=1S/C19H25F2N3O4S/c1-11(2)6-18-19(26)23-9-13(22-12(3)25)7-14(23)10-24(18)29(27,28)15-4-5-16(20)17(21)8-15/h4-5,8,11,13-14,18H,6-7,9-10H2,1-3H3,(H,22,25)/t13-,14-,18-/m0/s1. The molecule has 0 bridgehead atoms. The summed E-state index contributed by atoms with van der Waals surface area (Å²) in [6, 6.07) is 0.851. The van der Waals surface area contributed by atoms with Gasteiger partial charge in [0.25, 0.3) is 0 Å². The molecule has 160 valence electrons. The Balaban J connectivity index is 1.96. The first-order chi connectivity index (χ1) is 13.5. The van der Waals surface area contributed by atoms with Gasteiger partial charge in [0.1, 0.15) is 6.04 Å². The molecule has 1 N–H and O–H groups in total. The van der Waals surface area contributed by atoms with Crippen molar-refractivity contribution in [3.8, 4) is 0 Å². The topological polar surface area (TPSA) is 86.8 Å². The van der Waals surface area contributed by atoms with Crippen LogP contribution >= 0.6 is 0 Å². The number of hydrogen-bond acceptors (Lipinski definition) is 4. The maximum atomic E-state index is 13.7. The highest BCUT2D eigenvalue weighted by Crippen LogP contribution is 2.33. The third-order valence-corrected chi connectivity index (χ3v) is 7.19. The van der Waals surface area contributed by atoms with Gasteiger partial charge in [0.2, 0.25) is 21.8 Å². The molecule has 2 amide bonds. The van der Waals surface area contributed by atoms with Crippen LogP contribution in [0, 0.1) is 17.6 Å². The first kappa shape index (κ1) is 21.6. The smallest absolute Gasteiger partial charge is 0.243 e. The van der Waals surface area contributed by atoms with E-state index in [0.29, 0.717) is 25.5 Å². The predicted molar refractivity (Wildman–Crippen MR) is 101 cm³/mol. The largest absolute Gasteiger partial charge is 0.352 e. The van der Waals surface area contributed by atoms with Crippen LogP contribution in [0.1, 0.15) is 33.6 Å². The summed E-state index contributed by atoms with van der Waals surface area (Å²) in [5, 5.41) is 2.78. The predicted octanol–water partition coefficient (Wildman–Crippen LogP) is 1.49. The molecular formula is C19H25F2N3O4S. The van der Waals surface area contributed by atoms with Crippen LogP contribution in [0.5, 0.6) is 0 Å². The number of rotatable bonds is 5. The van der Waals surface area contributed by atoms with E-state index in [0.717, 1.165) is 16.4 Å². The molecule has 2 heterocycles. The Morgan fingerprint density at radius 1 is 1.24 bits per heavy atom. The normalized spacial score (nSPS) is 25.4. The fraction of sp³-hybridized carbons (Fsp3) is 0.579.